The zero-order chi connectivity index (χ0) is 22.2. The van der Waals surface area contributed by atoms with E-state index in [2.05, 4.69) is 52.6 Å². The molecule has 1 aromatic heterocycles. The maximum absolute atomic E-state index is 12.1. The Morgan fingerprint density at radius 2 is 2.00 bits per heavy atom. The first kappa shape index (κ1) is 28.5. The summed E-state index contributed by atoms with van der Waals surface area (Å²) in [5.74, 6) is 1.14. The number of ether oxygens (including phenoxy) is 1. The molecule has 1 aromatic rings. The first-order valence-corrected chi connectivity index (χ1v) is 10.4. The van der Waals surface area contributed by atoms with Crippen molar-refractivity contribution >= 4 is 36.0 Å². The number of aryl methyl sites for hydroxylation is 1. The molecule has 0 aliphatic carbocycles. The van der Waals surface area contributed by atoms with Crippen LogP contribution in [0.25, 0.3) is 0 Å². The highest BCUT2D eigenvalue weighted by molar-refractivity contribution is 14.0. The Labute approximate surface area is 199 Å². The number of hydrogen-bond acceptors (Lipinski definition) is 4. The maximum Gasteiger partial charge on any atom is 0.407 e. The lowest BCUT2D eigenvalue weighted by atomic mass is 10.1. The smallest absolute Gasteiger partial charge is 0.407 e. The van der Waals surface area contributed by atoms with E-state index in [-0.39, 0.29) is 30.0 Å². The standard InChI is InChI=1S/C21H40N6O2.HI/c1-10-11-17(24-20(28)29-21(4,5)6)12-23-19(22-7)26(8)13-16-14-27(9)25-18(16)15(2)3;/h14-15,17H,10-13H2,1-9H3,(H,22,23)(H,24,28);1H. The van der Waals surface area contributed by atoms with E-state index in [9.17, 15) is 4.79 Å². The molecular weight excluding hydrogens is 495 g/mol. The molecule has 174 valence electrons. The maximum atomic E-state index is 12.1. The molecule has 0 aromatic carbocycles. The van der Waals surface area contributed by atoms with Gasteiger partial charge in [0.25, 0.3) is 0 Å². The van der Waals surface area contributed by atoms with Crippen LogP contribution in [0.2, 0.25) is 0 Å². The second-order valence-electron chi connectivity index (χ2n) is 8.78. The third-order valence-electron chi connectivity index (χ3n) is 4.33. The van der Waals surface area contributed by atoms with E-state index in [0.29, 0.717) is 19.0 Å². The molecular formula is C21H41IN6O2. The van der Waals surface area contributed by atoms with Gasteiger partial charge in [0.2, 0.25) is 0 Å². The predicted octanol–water partition coefficient (Wildman–Crippen LogP) is 3.86. The molecule has 9 heteroatoms. The number of carbonyl (C=O) groups is 1. The van der Waals surface area contributed by atoms with Crippen LogP contribution in [0.1, 0.15) is 71.6 Å². The second-order valence-corrected chi connectivity index (χ2v) is 8.78. The third-order valence-corrected chi connectivity index (χ3v) is 4.33. The highest BCUT2D eigenvalue weighted by Gasteiger charge is 2.20. The van der Waals surface area contributed by atoms with Crippen LogP contribution in [0.3, 0.4) is 0 Å². The van der Waals surface area contributed by atoms with Crippen LogP contribution in [0.4, 0.5) is 4.79 Å². The fraction of sp³-hybridized carbons (Fsp3) is 0.762. The van der Waals surface area contributed by atoms with Gasteiger partial charge in [0.15, 0.2) is 5.96 Å². The molecule has 0 aliphatic rings. The largest absolute Gasteiger partial charge is 0.444 e. The van der Waals surface area contributed by atoms with Crippen LogP contribution in [-0.4, -0.2) is 59.0 Å². The number of hydrogen-bond donors (Lipinski definition) is 2. The summed E-state index contributed by atoms with van der Waals surface area (Å²) in [6.07, 6.45) is 3.48. The van der Waals surface area contributed by atoms with Crippen LogP contribution in [0, 0.1) is 0 Å². The monoisotopic (exact) mass is 536 g/mol. The summed E-state index contributed by atoms with van der Waals surface area (Å²) in [7, 11) is 5.71. The molecule has 1 amide bonds. The van der Waals surface area contributed by atoms with Gasteiger partial charge in [0, 0.05) is 52.0 Å². The van der Waals surface area contributed by atoms with Gasteiger partial charge in [-0.2, -0.15) is 5.10 Å². The average Bonchev–Trinajstić information content (AvgIpc) is 2.94. The van der Waals surface area contributed by atoms with Gasteiger partial charge in [-0.15, -0.1) is 24.0 Å². The fourth-order valence-electron chi connectivity index (χ4n) is 3.14. The second kappa shape index (κ2) is 13.0. The third kappa shape index (κ3) is 9.99. The number of aromatic nitrogens is 2. The minimum Gasteiger partial charge on any atom is -0.444 e. The van der Waals surface area contributed by atoms with Gasteiger partial charge in [-0.1, -0.05) is 27.2 Å². The van der Waals surface area contributed by atoms with Gasteiger partial charge in [-0.3, -0.25) is 9.67 Å². The number of nitrogens with zero attached hydrogens (tertiary/aromatic N) is 4. The van der Waals surface area contributed by atoms with E-state index in [1.807, 2.05) is 39.5 Å². The molecule has 0 bridgehead atoms. The van der Waals surface area contributed by atoms with Crippen molar-refractivity contribution < 1.29 is 9.53 Å². The topological polar surface area (TPSA) is 83.8 Å². The van der Waals surface area contributed by atoms with E-state index in [1.165, 1.54) is 5.56 Å². The molecule has 30 heavy (non-hydrogen) atoms. The van der Waals surface area contributed by atoms with Crippen molar-refractivity contribution in [1.82, 2.24) is 25.3 Å². The Bertz CT molecular complexity index is 682. The first-order valence-electron chi connectivity index (χ1n) is 10.4. The minimum absolute atomic E-state index is 0. The van der Waals surface area contributed by atoms with Crippen LogP contribution >= 0.6 is 24.0 Å². The minimum atomic E-state index is -0.512. The molecule has 8 nitrogen and oxygen atoms in total. The Kier molecular flexibility index (Phi) is 12.4. The van der Waals surface area contributed by atoms with Crippen LogP contribution in [0.5, 0.6) is 0 Å². The van der Waals surface area contributed by atoms with Gasteiger partial charge in [0.1, 0.15) is 5.60 Å². The number of aliphatic imine (C=N–C) groups is 1. The summed E-state index contributed by atoms with van der Waals surface area (Å²) < 4.78 is 7.24. The lowest BCUT2D eigenvalue weighted by Gasteiger charge is -2.26. The van der Waals surface area contributed by atoms with Crippen molar-refractivity contribution in [3.8, 4) is 0 Å². The Balaban J connectivity index is 0.00000841. The summed E-state index contributed by atoms with van der Waals surface area (Å²) in [5.41, 5.74) is 1.78. The number of amides is 1. The zero-order valence-corrected chi connectivity index (χ0v) is 22.4. The van der Waals surface area contributed by atoms with Crippen molar-refractivity contribution in [2.45, 2.75) is 78.5 Å². The summed E-state index contributed by atoms with van der Waals surface area (Å²) in [5, 5.41) is 10.9. The van der Waals surface area contributed by atoms with Crippen LogP contribution in [-0.2, 0) is 18.3 Å². The van der Waals surface area contributed by atoms with E-state index in [4.69, 9.17) is 4.74 Å². The van der Waals surface area contributed by atoms with E-state index < -0.39 is 11.7 Å². The summed E-state index contributed by atoms with van der Waals surface area (Å²) in [6, 6.07) is -0.0374. The Morgan fingerprint density at radius 1 is 1.37 bits per heavy atom. The number of halogens is 1. The SMILES string of the molecule is CCCC(CNC(=NC)N(C)Cc1cn(C)nc1C(C)C)NC(=O)OC(C)(C)C.I. The normalized spacial score (nSPS) is 12.9. The van der Waals surface area contributed by atoms with Crippen molar-refractivity contribution in [1.29, 1.82) is 0 Å². The van der Waals surface area contributed by atoms with Crippen LogP contribution in [0.15, 0.2) is 11.2 Å². The van der Waals surface area contributed by atoms with Gasteiger partial charge in [-0.25, -0.2) is 4.79 Å². The van der Waals surface area contributed by atoms with E-state index >= 15 is 0 Å². The molecule has 0 radical (unpaired) electrons. The number of alkyl carbamates (subject to hydrolysis) is 1. The molecule has 0 aliphatic heterocycles. The molecule has 1 heterocycles. The van der Waals surface area contributed by atoms with Crippen molar-refractivity contribution in [2.24, 2.45) is 12.0 Å². The quantitative estimate of drug-likeness (QED) is 0.300. The van der Waals surface area contributed by atoms with Gasteiger partial charge in [-0.05, 0) is 33.1 Å². The number of carbonyl (C=O) groups excluding carboxylic acids is 1. The van der Waals surface area contributed by atoms with Crippen molar-refractivity contribution in [2.75, 3.05) is 20.6 Å². The first-order chi connectivity index (χ1) is 13.5. The van der Waals surface area contributed by atoms with Gasteiger partial charge in [0.05, 0.1) is 5.69 Å². The van der Waals surface area contributed by atoms with E-state index in [0.717, 1.165) is 24.5 Å². The Hall–Kier alpha value is -1.52. The molecule has 2 N–H and O–H groups in total. The van der Waals surface area contributed by atoms with E-state index in [1.54, 1.807) is 7.05 Å². The molecule has 0 spiro atoms. The average molecular weight is 537 g/mol. The van der Waals surface area contributed by atoms with Crippen LogP contribution < -0.4 is 10.6 Å². The Morgan fingerprint density at radius 3 is 2.50 bits per heavy atom. The lowest BCUT2D eigenvalue weighted by Crippen LogP contribution is -2.48. The lowest BCUT2D eigenvalue weighted by molar-refractivity contribution is 0.0502. The number of nitrogens with one attached hydrogen (secondary N) is 2. The fourth-order valence-corrected chi connectivity index (χ4v) is 3.14. The highest BCUT2D eigenvalue weighted by atomic mass is 127. The number of rotatable bonds is 8. The highest BCUT2D eigenvalue weighted by Crippen LogP contribution is 2.18. The molecule has 1 unspecified atom stereocenters. The summed E-state index contributed by atoms with van der Waals surface area (Å²) >= 11 is 0. The molecule has 0 fully saturated rings. The zero-order valence-electron chi connectivity index (χ0n) is 20.1. The summed E-state index contributed by atoms with van der Waals surface area (Å²) in [6.45, 7) is 13.3. The van der Waals surface area contributed by atoms with Crippen molar-refractivity contribution in [3.05, 3.63) is 17.5 Å². The molecule has 0 saturated heterocycles. The summed E-state index contributed by atoms with van der Waals surface area (Å²) in [4.78, 5) is 18.6. The van der Waals surface area contributed by atoms with Gasteiger partial charge < -0.3 is 20.3 Å². The molecule has 1 rings (SSSR count). The van der Waals surface area contributed by atoms with Crippen molar-refractivity contribution in [3.63, 3.8) is 0 Å². The molecule has 0 saturated carbocycles. The van der Waals surface area contributed by atoms with Gasteiger partial charge >= 0.3 is 6.09 Å². The molecule has 1 atom stereocenters. The predicted molar refractivity (Wildman–Crippen MR) is 134 cm³/mol. The number of guanidine groups is 1.